The minimum Gasteiger partial charge on any atom is -0.378 e. The second kappa shape index (κ2) is 6.17. The average molecular weight is 240 g/mol. The zero-order valence-corrected chi connectivity index (χ0v) is 11.5. The fourth-order valence-electron chi connectivity index (χ4n) is 3.05. The summed E-state index contributed by atoms with van der Waals surface area (Å²) in [6.07, 6.45) is 5.53. The van der Waals surface area contributed by atoms with Crippen molar-refractivity contribution in [1.82, 2.24) is 10.2 Å². The monoisotopic (exact) mass is 240 g/mol. The molecule has 3 heteroatoms. The van der Waals surface area contributed by atoms with Crippen LogP contribution in [-0.2, 0) is 4.74 Å². The Kier molecular flexibility index (Phi) is 4.83. The number of hydrogen-bond acceptors (Lipinski definition) is 3. The van der Waals surface area contributed by atoms with Gasteiger partial charge in [-0.25, -0.2) is 0 Å². The summed E-state index contributed by atoms with van der Waals surface area (Å²) < 4.78 is 5.56. The van der Waals surface area contributed by atoms with Crippen molar-refractivity contribution in [3.8, 4) is 0 Å². The van der Waals surface area contributed by atoms with Gasteiger partial charge in [-0.1, -0.05) is 0 Å². The topological polar surface area (TPSA) is 24.5 Å². The molecule has 2 aliphatic rings. The largest absolute Gasteiger partial charge is 0.378 e. The predicted molar refractivity (Wildman–Crippen MR) is 71.3 cm³/mol. The third-order valence-corrected chi connectivity index (χ3v) is 4.32. The van der Waals surface area contributed by atoms with Gasteiger partial charge in [0.25, 0.3) is 0 Å². The maximum absolute atomic E-state index is 5.56. The molecule has 17 heavy (non-hydrogen) atoms. The number of piperidine rings is 1. The SMILES string of the molecule is CC1(C)COCCN1CCCC1CCNCC1. The van der Waals surface area contributed by atoms with Gasteiger partial charge in [0.15, 0.2) is 0 Å². The quantitative estimate of drug-likeness (QED) is 0.812. The molecule has 0 atom stereocenters. The standard InChI is InChI=1S/C14H28N2O/c1-14(2)12-17-11-10-16(14)9-3-4-13-5-7-15-8-6-13/h13,15H,3-12H2,1-2H3. The van der Waals surface area contributed by atoms with Crippen molar-refractivity contribution in [2.24, 2.45) is 5.92 Å². The maximum Gasteiger partial charge on any atom is 0.0645 e. The Morgan fingerprint density at radius 3 is 2.76 bits per heavy atom. The van der Waals surface area contributed by atoms with Gasteiger partial charge >= 0.3 is 0 Å². The molecule has 0 radical (unpaired) electrons. The second-order valence-corrected chi connectivity index (χ2v) is 6.19. The lowest BCUT2D eigenvalue weighted by Gasteiger charge is -2.42. The van der Waals surface area contributed by atoms with Crippen LogP contribution in [0.4, 0.5) is 0 Å². The molecule has 0 aromatic heterocycles. The smallest absolute Gasteiger partial charge is 0.0645 e. The number of rotatable bonds is 4. The van der Waals surface area contributed by atoms with Crippen molar-refractivity contribution in [3.05, 3.63) is 0 Å². The minimum absolute atomic E-state index is 0.242. The molecule has 0 unspecified atom stereocenters. The Hall–Kier alpha value is -0.120. The van der Waals surface area contributed by atoms with Crippen LogP contribution in [0.1, 0.15) is 39.5 Å². The first-order valence-corrected chi connectivity index (χ1v) is 7.22. The van der Waals surface area contributed by atoms with E-state index in [1.807, 2.05) is 0 Å². The van der Waals surface area contributed by atoms with Crippen molar-refractivity contribution < 1.29 is 4.74 Å². The van der Waals surface area contributed by atoms with E-state index in [2.05, 4.69) is 24.1 Å². The van der Waals surface area contributed by atoms with Crippen LogP contribution in [0.2, 0.25) is 0 Å². The first kappa shape index (κ1) is 13.3. The molecule has 3 nitrogen and oxygen atoms in total. The van der Waals surface area contributed by atoms with Gasteiger partial charge in [0.2, 0.25) is 0 Å². The molecule has 0 aliphatic carbocycles. The first-order chi connectivity index (χ1) is 8.18. The lowest BCUT2D eigenvalue weighted by molar-refractivity contribution is -0.0517. The third kappa shape index (κ3) is 3.94. The lowest BCUT2D eigenvalue weighted by atomic mass is 9.92. The van der Waals surface area contributed by atoms with Crippen LogP contribution in [0, 0.1) is 5.92 Å². The van der Waals surface area contributed by atoms with Gasteiger partial charge in [-0.3, -0.25) is 4.90 Å². The predicted octanol–water partition coefficient (Wildman–Crippen LogP) is 1.88. The molecule has 2 rings (SSSR count). The summed E-state index contributed by atoms with van der Waals surface area (Å²) >= 11 is 0. The zero-order valence-electron chi connectivity index (χ0n) is 11.5. The third-order valence-electron chi connectivity index (χ3n) is 4.32. The molecule has 0 amide bonds. The van der Waals surface area contributed by atoms with Gasteiger partial charge in [-0.05, 0) is 65.1 Å². The molecule has 1 N–H and O–H groups in total. The van der Waals surface area contributed by atoms with Gasteiger partial charge in [0, 0.05) is 12.1 Å². The molecule has 0 spiro atoms. The lowest BCUT2D eigenvalue weighted by Crippen LogP contribution is -2.53. The van der Waals surface area contributed by atoms with E-state index in [1.54, 1.807) is 0 Å². The molecule has 2 saturated heterocycles. The minimum atomic E-state index is 0.242. The van der Waals surface area contributed by atoms with E-state index in [0.29, 0.717) is 0 Å². The van der Waals surface area contributed by atoms with E-state index in [1.165, 1.54) is 45.3 Å². The Balaban J connectivity index is 1.66. The Labute approximate surface area is 106 Å². The van der Waals surface area contributed by atoms with Crippen molar-refractivity contribution in [2.75, 3.05) is 39.4 Å². The van der Waals surface area contributed by atoms with Gasteiger partial charge < -0.3 is 10.1 Å². The van der Waals surface area contributed by atoms with Gasteiger partial charge in [-0.2, -0.15) is 0 Å². The fraction of sp³-hybridized carbons (Fsp3) is 1.00. The van der Waals surface area contributed by atoms with E-state index in [-0.39, 0.29) is 5.54 Å². The highest BCUT2D eigenvalue weighted by Crippen LogP contribution is 2.22. The van der Waals surface area contributed by atoms with Crippen LogP contribution in [0.3, 0.4) is 0 Å². The number of nitrogens with one attached hydrogen (secondary N) is 1. The highest BCUT2D eigenvalue weighted by atomic mass is 16.5. The van der Waals surface area contributed by atoms with Crippen LogP contribution < -0.4 is 5.32 Å². The highest BCUT2D eigenvalue weighted by Gasteiger charge is 2.29. The summed E-state index contributed by atoms with van der Waals surface area (Å²) in [4.78, 5) is 2.61. The van der Waals surface area contributed by atoms with Gasteiger partial charge in [0.1, 0.15) is 0 Å². The molecular formula is C14H28N2O. The van der Waals surface area contributed by atoms with Crippen LogP contribution in [-0.4, -0.2) is 49.8 Å². The number of hydrogen-bond donors (Lipinski definition) is 1. The van der Waals surface area contributed by atoms with Crippen molar-refractivity contribution in [3.63, 3.8) is 0 Å². The van der Waals surface area contributed by atoms with E-state index in [9.17, 15) is 0 Å². The zero-order chi connectivity index (χ0) is 12.1. The average Bonchev–Trinajstić information content (AvgIpc) is 2.32. The summed E-state index contributed by atoms with van der Waals surface area (Å²) in [6.45, 7) is 11.2. The number of ether oxygens (including phenoxy) is 1. The molecule has 0 aromatic carbocycles. The van der Waals surface area contributed by atoms with Crippen LogP contribution in [0.5, 0.6) is 0 Å². The molecule has 2 heterocycles. The Morgan fingerprint density at radius 2 is 2.06 bits per heavy atom. The summed E-state index contributed by atoms with van der Waals surface area (Å²) in [5.74, 6) is 0.973. The Morgan fingerprint density at radius 1 is 1.29 bits per heavy atom. The summed E-state index contributed by atoms with van der Waals surface area (Å²) in [5, 5.41) is 3.44. The number of morpholine rings is 1. The van der Waals surface area contributed by atoms with E-state index in [0.717, 1.165) is 25.7 Å². The first-order valence-electron chi connectivity index (χ1n) is 7.22. The molecule has 0 aromatic rings. The van der Waals surface area contributed by atoms with Crippen LogP contribution in [0.15, 0.2) is 0 Å². The van der Waals surface area contributed by atoms with E-state index < -0.39 is 0 Å². The summed E-state index contributed by atoms with van der Waals surface area (Å²) in [6, 6.07) is 0. The molecule has 0 bridgehead atoms. The van der Waals surface area contributed by atoms with E-state index >= 15 is 0 Å². The molecule has 2 fully saturated rings. The Bertz CT molecular complexity index is 224. The molecule has 2 aliphatic heterocycles. The molecular weight excluding hydrogens is 212 g/mol. The van der Waals surface area contributed by atoms with Crippen molar-refractivity contribution >= 4 is 0 Å². The summed E-state index contributed by atoms with van der Waals surface area (Å²) in [5.41, 5.74) is 0.242. The molecule has 100 valence electrons. The van der Waals surface area contributed by atoms with Gasteiger partial charge in [-0.15, -0.1) is 0 Å². The fourth-order valence-corrected chi connectivity index (χ4v) is 3.05. The maximum atomic E-state index is 5.56. The van der Waals surface area contributed by atoms with Crippen LogP contribution >= 0.6 is 0 Å². The second-order valence-electron chi connectivity index (χ2n) is 6.19. The van der Waals surface area contributed by atoms with Gasteiger partial charge in [0.05, 0.1) is 13.2 Å². The number of nitrogens with zero attached hydrogens (tertiary/aromatic N) is 1. The summed E-state index contributed by atoms with van der Waals surface area (Å²) in [7, 11) is 0. The normalized spacial score (nSPS) is 27.2. The van der Waals surface area contributed by atoms with Crippen LogP contribution in [0.25, 0.3) is 0 Å². The van der Waals surface area contributed by atoms with E-state index in [4.69, 9.17) is 4.74 Å². The molecule has 0 saturated carbocycles. The highest BCUT2D eigenvalue weighted by molar-refractivity contribution is 4.84. The van der Waals surface area contributed by atoms with Crippen molar-refractivity contribution in [1.29, 1.82) is 0 Å². The van der Waals surface area contributed by atoms with Crippen molar-refractivity contribution in [2.45, 2.75) is 45.1 Å².